The van der Waals surface area contributed by atoms with Crippen molar-refractivity contribution in [2.45, 2.75) is 38.6 Å². The number of hydrogen-bond acceptors (Lipinski definition) is 3. The van der Waals surface area contributed by atoms with Crippen LogP contribution in [0.3, 0.4) is 0 Å². The second-order valence-electron chi connectivity index (χ2n) is 5.56. The van der Waals surface area contributed by atoms with Crippen molar-refractivity contribution in [3.05, 3.63) is 0 Å². The quantitative estimate of drug-likeness (QED) is 0.779. The minimum Gasteiger partial charge on any atom is -0.396 e. The monoisotopic (exact) mass is 226 g/mol. The van der Waals surface area contributed by atoms with Gasteiger partial charge < -0.3 is 10.0 Å². The summed E-state index contributed by atoms with van der Waals surface area (Å²) in [6.07, 6.45) is 5.72. The first-order valence-electron chi connectivity index (χ1n) is 6.87. The molecule has 2 fully saturated rings. The maximum absolute atomic E-state index is 9.05. The highest BCUT2D eigenvalue weighted by molar-refractivity contribution is 4.82. The largest absolute Gasteiger partial charge is 0.396 e. The fraction of sp³-hybridized carbons (Fsp3) is 1.00. The number of nitrogens with zero attached hydrogens (tertiary/aromatic N) is 2. The molecule has 1 saturated heterocycles. The molecule has 1 aliphatic heterocycles. The van der Waals surface area contributed by atoms with E-state index in [2.05, 4.69) is 16.7 Å². The van der Waals surface area contributed by atoms with Crippen LogP contribution in [-0.4, -0.2) is 60.3 Å². The standard InChI is InChI=1S/C13H26N2O/c1-12(11-16)10-14-6-8-15(9-7-14)13-4-2-3-5-13/h12-13,16H,2-11H2,1H3. The molecule has 94 valence electrons. The van der Waals surface area contributed by atoms with Gasteiger partial charge in [-0.3, -0.25) is 4.90 Å². The Morgan fingerprint density at radius 1 is 1.12 bits per heavy atom. The van der Waals surface area contributed by atoms with Gasteiger partial charge in [0.2, 0.25) is 0 Å². The van der Waals surface area contributed by atoms with E-state index in [0.29, 0.717) is 12.5 Å². The Balaban J connectivity index is 1.69. The number of rotatable bonds is 4. The van der Waals surface area contributed by atoms with Gasteiger partial charge in [-0.1, -0.05) is 19.8 Å². The van der Waals surface area contributed by atoms with E-state index in [9.17, 15) is 0 Å². The molecule has 1 aliphatic carbocycles. The first kappa shape index (κ1) is 12.3. The molecule has 16 heavy (non-hydrogen) atoms. The van der Waals surface area contributed by atoms with E-state index in [4.69, 9.17) is 5.11 Å². The minimum absolute atomic E-state index is 0.322. The second-order valence-corrected chi connectivity index (χ2v) is 5.56. The van der Waals surface area contributed by atoms with Crippen LogP contribution in [0.4, 0.5) is 0 Å². The van der Waals surface area contributed by atoms with E-state index in [1.807, 2.05) is 0 Å². The van der Waals surface area contributed by atoms with Crippen molar-refractivity contribution in [1.29, 1.82) is 0 Å². The summed E-state index contributed by atoms with van der Waals surface area (Å²) in [6.45, 7) is 8.38. The van der Waals surface area contributed by atoms with Crippen molar-refractivity contribution in [2.24, 2.45) is 5.92 Å². The zero-order valence-electron chi connectivity index (χ0n) is 10.6. The van der Waals surface area contributed by atoms with Gasteiger partial charge in [-0.25, -0.2) is 0 Å². The number of aliphatic hydroxyl groups excluding tert-OH is 1. The number of piperazine rings is 1. The van der Waals surface area contributed by atoms with Gasteiger partial charge in [0.1, 0.15) is 0 Å². The van der Waals surface area contributed by atoms with Crippen LogP contribution in [0.25, 0.3) is 0 Å². The molecule has 1 heterocycles. The highest BCUT2D eigenvalue weighted by atomic mass is 16.3. The normalized spacial score (nSPS) is 27.4. The van der Waals surface area contributed by atoms with Crippen molar-refractivity contribution in [3.8, 4) is 0 Å². The molecular weight excluding hydrogens is 200 g/mol. The Morgan fingerprint density at radius 2 is 1.75 bits per heavy atom. The molecule has 1 saturated carbocycles. The van der Waals surface area contributed by atoms with Crippen molar-refractivity contribution < 1.29 is 5.11 Å². The fourth-order valence-electron chi connectivity index (χ4n) is 3.08. The average Bonchev–Trinajstić information content (AvgIpc) is 2.83. The van der Waals surface area contributed by atoms with Gasteiger partial charge in [-0.05, 0) is 18.8 Å². The minimum atomic E-state index is 0.322. The molecular formula is C13H26N2O. The first-order chi connectivity index (χ1) is 7.79. The number of hydrogen-bond donors (Lipinski definition) is 1. The Bertz CT molecular complexity index is 196. The zero-order chi connectivity index (χ0) is 11.4. The van der Waals surface area contributed by atoms with Gasteiger partial charge in [0.15, 0.2) is 0 Å². The first-order valence-corrected chi connectivity index (χ1v) is 6.87. The van der Waals surface area contributed by atoms with Crippen molar-refractivity contribution in [1.82, 2.24) is 9.80 Å². The van der Waals surface area contributed by atoms with Crippen molar-refractivity contribution in [3.63, 3.8) is 0 Å². The van der Waals surface area contributed by atoms with Gasteiger partial charge in [0.05, 0.1) is 0 Å². The zero-order valence-corrected chi connectivity index (χ0v) is 10.6. The van der Waals surface area contributed by atoms with E-state index >= 15 is 0 Å². The van der Waals surface area contributed by atoms with E-state index in [-0.39, 0.29) is 0 Å². The highest BCUT2D eigenvalue weighted by Gasteiger charge is 2.26. The Hall–Kier alpha value is -0.120. The molecule has 2 aliphatic rings. The smallest absolute Gasteiger partial charge is 0.0468 e. The SMILES string of the molecule is CC(CO)CN1CCN(C2CCCC2)CC1. The molecule has 0 amide bonds. The molecule has 0 aromatic rings. The van der Waals surface area contributed by atoms with Crippen LogP contribution < -0.4 is 0 Å². The fourth-order valence-corrected chi connectivity index (χ4v) is 3.08. The summed E-state index contributed by atoms with van der Waals surface area (Å²) in [5.74, 6) is 0.429. The molecule has 1 unspecified atom stereocenters. The lowest BCUT2D eigenvalue weighted by Crippen LogP contribution is -2.50. The summed E-state index contributed by atoms with van der Waals surface area (Å²) in [7, 11) is 0. The molecule has 0 aromatic heterocycles. The summed E-state index contributed by atoms with van der Waals surface area (Å²) in [4.78, 5) is 5.19. The predicted molar refractivity (Wildman–Crippen MR) is 66.5 cm³/mol. The predicted octanol–water partition coefficient (Wildman–Crippen LogP) is 1.17. The van der Waals surface area contributed by atoms with Gasteiger partial charge in [0.25, 0.3) is 0 Å². The van der Waals surface area contributed by atoms with Crippen LogP contribution >= 0.6 is 0 Å². The topological polar surface area (TPSA) is 26.7 Å². The van der Waals surface area contributed by atoms with E-state index < -0.39 is 0 Å². The second kappa shape index (κ2) is 5.99. The molecule has 2 rings (SSSR count). The van der Waals surface area contributed by atoms with E-state index in [1.165, 1.54) is 51.9 Å². The van der Waals surface area contributed by atoms with Gasteiger partial charge in [-0.15, -0.1) is 0 Å². The van der Waals surface area contributed by atoms with Gasteiger partial charge >= 0.3 is 0 Å². The number of aliphatic hydroxyl groups is 1. The van der Waals surface area contributed by atoms with Gasteiger partial charge in [-0.2, -0.15) is 0 Å². The summed E-state index contributed by atoms with van der Waals surface area (Å²) < 4.78 is 0. The maximum Gasteiger partial charge on any atom is 0.0468 e. The average molecular weight is 226 g/mol. The summed E-state index contributed by atoms with van der Waals surface area (Å²) in [6, 6.07) is 0.886. The molecule has 3 heteroatoms. The molecule has 0 radical (unpaired) electrons. The Kier molecular flexibility index (Phi) is 4.62. The third-order valence-corrected chi connectivity index (χ3v) is 4.13. The maximum atomic E-state index is 9.05. The molecule has 1 N–H and O–H groups in total. The molecule has 0 bridgehead atoms. The van der Waals surface area contributed by atoms with Crippen LogP contribution in [-0.2, 0) is 0 Å². The van der Waals surface area contributed by atoms with Gasteiger partial charge in [0, 0.05) is 45.4 Å². The lowest BCUT2D eigenvalue weighted by Gasteiger charge is -2.38. The summed E-state index contributed by atoms with van der Waals surface area (Å²) in [5.41, 5.74) is 0. The summed E-state index contributed by atoms with van der Waals surface area (Å²) >= 11 is 0. The van der Waals surface area contributed by atoms with E-state index in [0.717, 1.165) is 12.6 Å². The third kappa shape index (κ3) is 3.19. The van der Waals surface area contributed by atoms with Crippen LogP contribution in [0.2, 0.25) is 0 Å². The lowest BCUT2D eigenvalue weighted by atomic mass is 10.1. The Morgan fingerprint density at radius 3 is 2.31 bits per heavy atom. The van der Waals surface area contributed by atoms with Crippen molar-refractivity contribution in [2.75, 3.05) is 39.3 Å². The van der Waals surface area contributed by atoms with E-state index in [1.54, 1.807) is 0 Å². The van der Waals surface area contributed by atoms with Crippen molar-refractivity contribution >= 4 is 0 Å². The third-order valence-electron chi connectivity index (χ3n) is 4.13. The molecule has 1 atom stereocenters. The summed E-state index contributed by atoms with van der Waals surface area (Å²) in [5, 5.41) is 9.05. The highest BCUT2D eigenvalue weighted by Crippen LogP contribution is 2.24. The van der Waals surface area contributed by atoms with Crippen LogP contribution in [0.5, 0.6) is 0 Å². The van der Waals surface area contributed by atoms with Crippen LogP contribution in [0, 0.1) is 5.92 Å². The molecule has 3 nitrogen and oxygen atoms in total. The van der Waals surface area contributed by atoms with Crippen LogP contribution in [0.15, 0.2) is 0 Å². The molecule has 0 aromatic carbocycles. The molecule has 0 spiro atoms. The lowest BCUT2D eigenvalue weighted by molar-refractivity contribution is 0.0803. The Labute approximate surface area is 99.4 Å². The van der Waals surface area contributed by atoms with Crippen LogP contribution in [0.1, 0.15) is 32.6 Å².